The van der Waals surface area contributed by atoms with E-state index in [1.807, 2.05) is 0 Å². The average molecular weight is 744 g/mol. The number of benzene rings is 4. The first-order valence-corrected chi connectivity index (χ1v) is 17.0. The minimum atomic E-state index is -4.75. The van der Waals surface area contributed by atoms with Gasteiger partial charge in [-0.3, -0.25) is 19.5 Å². The molecule has 3 heterocycles. The van der Waals surface area contributed by atoms with Crippen molar-refractivity contribution in [3.8, 4) is 28.7 Å². The Kier molecular flexibility index (Phi) is 10.4. The molecule has 1 aliphatic heterocycles. The van der Waals surface area contributed by atoms with Gasteiger partial charge in [0.25, 0.3) is 5.91 Å². The molecule has 1 aliphatic rings. The van der Waals surface area contributed by atoms with Gasteiger partial charge in [0.1, 0.15) is 5.75 Å². The maximum atomic E-state index is 15.5. The van der Waals surface area contributed by atoms with Crippen LogP contribution in [0.5, 0.6) is 23.0 Å². The van der Waals surface area contributed by atoms with E-state index in [0.29, 0.717) is 29.0 Å². The van der Waals surface area contributed by atoms with Crippen LogP contribution in [0, 0.1) is 5.82 Å². The fourth-order valence-electron chi connectivity index (χ4n) is 6.16. The lowest BCUT2D eigenvalue weighted by molar-refractivity contribution is -0.137. The summed E-state index contributed by atoms with van der Waals surface area (Å²) in [5.41, 5.74) is -2.38. The van der Waals surface area contributed by atoms with Gasteiger partial charge in [-0.2, -0.15) is 18.3 Å². The fraction of sp³-hybridized carbons (Fsp3) is 0.231. The van der Waals surface area contributed by atoms with E-state index < -0.39 is 34.6 Å². The lowest BCUT2D eigenvalue weighted by Gasteiger charge is -2.26. The van der Waals surface area contributed by atoms with E-state index in [2.05, 4.69) is 20.3 Å². The number of methoxy groups -OCH3 is 1. The molecule has 15 heteroatoms. The number of rotatable bonds is 11. The van der Waals surface area contributed by atoms with E-state index in [4.69, 9.17) is 18.9 Å². The lowest BCUT2D eigenvalue weighted by atomic mass is 10.1. The molecule has 278 valence electrons. The molecular formula is C39H33F4N5O6. The van der Waals surface area contributed by atoms with Gasteiger partial charge in [-0.25, -0.2) is 9.07 Å². The number of para-hydroxylation sites is 2. The van der Waals surface area contributed by atoms with Crippen molar-refractivity contribution in [1.82, 2.24) is 19.7 Å². The third-order valence-electron chi connectivity index (χ3n) is 8.82. The minimum absolute atomic E-state index is 0.0341. The molecule has 7 rings (SSSR count). The predicted octanol–water partition coefficient (Wildman–Crippen LogP) is 7.25. The molecule has 0 saturated carbocycles. The van der Waals surface area contributed by atoms with Crippen molar-refractivity contribution >= 4 is 33.4 Å². The second-order valence-electron chi connectivity index (χ2n) is 12.3. The van der Waals surface area contributed by atoms with Gasteiger partial charge in [0, 0.05) is 49.0 Å². The van der Waals surface area contributed by atoms with Crippen molar-refractivity contribution in [2.75, 3.05) is 51.9 Å². The molecule has 0 atom stereocenters. The maximum Gasteiger partial charge on any atom is 0.418 e. The molecule has 0 spiro atoms. The molecule has 1 N–H and O–H groups in total. The van der Waals surface area contributed by atoms with Crippen molar-refractivity contribution in [2.24, 2.45) is 0 Å². The number of carbonyl (C=O) groups is 1. The van der Waals surface area contributed by atoms with E-state index in [1.165, 1.54) is 67.9 Å². The number of halogens is 4. The number of fused-ring (bicyclic) bond motifs is 2. The molecule has 0 bridgehead atoms. The van der Waals surface area contributed by atoms with Gasteiger partial charge in [0.05, 0.1) is 54.6 Å². The normalized spacial score (nSPS) is 13.6. The SMILES string of the molecule is COc1cc2c(Oc3ccc(NC(=O)c4nn(-c5ccccc5C(F)(F)F)c5ccccc5c4=O)cc3F)ccnc2cc1OCCCN1CCOCC1. The smallest absolute Gasteiger partial charge is 0.418 e. The summed E-state index contributed by atoms with van der Waals surface area (Å²) in [7, 11) is 1.51. The number of hydrogen-bond donors (Lipinski definition) is 1. The number of alkyl halides is 3. The van der Waals surface area contributed by atoms with Gasteiger partial charge in [-0.15, -0.1) is 0 Å². The van der Waals surface area contributed by atoms with Crippen molar-refractivity contribution in [2.45, 2.75) is 12.6 Å². The van der Waals surface area contributed by atoms with Crippen molar-refractivity contribution in [1.29, 1.82) is 0 Å². The van der Waals surface area contributed by atoms with Crippen molar-refractivity contribution < 1.29 is 41.3 Å². The van der Waals surface area contributed by atoms with Crippen molar-refractivity contribution in [3.63, 3.8) is 0 Å². The first-order valence-electron chi connectivity index (χ1n) is 17.0. The number of aromatic nitrogens is 3. The van der Waals surface area contributed by atoms with Gasteiger partial charge >= 0.3 is 6.18 Å². The third-order valence-corrected chi connectivity index (χ3v) is 8.82. The Hall–Kier alpha value is -6.06. The minimum Gasteiger partial charge on any atom is -0.493 e. The molecule has 11 nitrogen and oxygen atoms in total. The lowest BCUT2D eigenvalue weighted by Crippen LogP contribution is -2.37. The standard InChI is InChI=1S/C39H33F4N5O6/c1-51-34-22-26-29(23-35(34)53-18-6-15-47-16-19-52-20-17-47)44-14-13-32(26)54-33-12-11-24(21-28(33)40)45-38(50)36-37(49)25-7-2-4-9-30(25)48(46-36)31-10-5-3-8-27(31)39(41,42)43/h2-5,7-14,21-23H,6,15-20H2,1H3,(H,45,50). The van der Waals surface area contributed by atoms with Gasteiger partial charge in [-0.1, -0.05) is 24.3 Å². The summed E-state index contributed by atoms with van der Waals surface area (Å²) in [6, 6.07) is 19.1. The quantitative estimate of drug-likeness (QED) is 0.108. The van der Waals surface area contributed by atoms with Gasteiger partial charge < -0.3 is 24.3 Å². The average Bonchev–Trinajstić information content (AvgIpc) is 3.17. The first kappa shape index (κ1) is 36.3. The number of pyridine rings is 1. The number of amides is 1. The highest BCUT2D eigenvalue weighted by Gasteiger charge is 2.34. The van der Waals surface area contributed by atoms with E-state index in [9.17, 15) is 22.8 Å². The summed E-state index contributed by atoms with van der Waals surface area (Å²) >= 11 is 0. The fourth-order valence-corrected chi connectivity index (χ4v) is 6.16. The van der Waals surface area contributed by atoms with Crippen LogP contribution in [0.25, 0.3) is 27.5 Å². The molecule has 1 fully saturated rings. The van der Waals surface area contributed by atoms with Gasteiger partial charge in [0.2, 0.25) is 5.43 Å². The van der Waals surface area contributed by atoms with Crippen LogP contribution >= 0.6 is 0 Å². The van der Waals surface area contributed by atoms with E-state index in [-0.39, 0.29) is 33.8 Å². The largest absolute Gasteiger partial charge is 0.493 e. The van der Waals surface area contributed by atoms with Crippen LogP contribution in [0.2, 0.25) is 0 Å². The van der Waals surface area contributed by atoms with E-state index >= 15 is 4.39 Å². The Morgan fingerprint density at radius 1 is 0.907 bits per heavy atom. The predicted molar refractivity (Wildman–Crippen MR) is 192 cm³/mol. The Balaban J connectivity index is 1.10. The number of carbonyl (C=O) groups excluding carboxylic acids is 1. The molecule has 1 amide bonds. The molecule has 1 saturated heterocycles. The highest BCUT2D eigenvalue weighted by atomic mass is 19.4. The van der Waals surface area contributed by atoms with Crippen LogP contribution in [-0.4, -0.2) is 72.1 Å². The summed E-state index contributed by atoms with van der Waals surface area (Å²) in [6.07, 6.45) is -2.43. The molecule has 0 radical (unpaired) electrons. The molecular weight excluding hydrogens is 710 g/mol. The summed E-state index contributed by atoms with van der Waals surface area (Å²) in [5, 5.41) is 6.99. The number of nitrogens with zero attached hydrogens (tertiary/aromatic N) is 4. The number of ether oxygens (including phenoxy) is 4. The van der Waals surface area contributed by atoms with Gasteiger partial charge in [-0.05, 0) is 55.0 Å². The molecule has 0 aliphatic carbocycles. The highest BCUT2D eigenvalue weighted by Crippen LogP contribution is 2.38. The Morgan fingerprint density at radius 3 is 2.46 bits per heavy atom. The second-order valence-corrected chi connectivity index (χ2v) is 12.3. The van der Waals surface area contributed by atoms with Crippen LogP contribution in [0.15, 0.2) is 95.9 Å². The third kappa shape index (κ3) is 7.68. The Labute approximate surface area is 305 Å². The highest BCUT2D eigenvalue weighted by molar-refractivity contribution is 6.04. The van der Waals surface area contributed by atoms with Crippen molar-refractivity contribution in [3.05, 3.63) is 118 Å². The Morgan fingerprint density at radius 2 is 1.69 bits per heavy atom. The van der Waals surface area contributed by atoms with E-state index in [0.717, 1.165) is 56.1 Å². The summed E-state index contributed by atoms with van der Waals surface area (Å²) in [5.74, 6) is -0.879. The Bertz CT molecular complexity index is 2400. The zero-order valence-electron chi connectivity index (χ0n) is 28.9. The summed E-state index contributed by atoms with van der Waals surface area (Å²) in [4.78, 5) is 33.5. The topological polar surface area (TPSA) is 117 Å². The molecule has 2 aromatic heterocycles. The number of hydrogen-bond acceptors (Lipinski definition) is 9. The van der Waals surface area contributed by atoms with Crippen LogP contribution in [0.1, 0.15) is 22.5 Å². The van der Waals surface area contributed by atoms with Crippen LogP contribution in [0.4, 0.5) is 23.2 Å². The van der Waals surface area contributed by atoms with Crippen LogP contribution < -0.4 is 25.0 Å². The van der Waals surface area contributed by atoms with Crippen LogP contribution in [-0.2, 0) is 10.9 Å². The summed E-state index contributed by atoms with van der Waals surface area (Å²) in [6.45, 7) is 4.57. The number of morpholine rings is 1. The molecule has 0 unspecified atom stereocenters. The van der Waals surface area contributed by atoms with Crippen LogP contribution in [0.3, 0.4) is 0 Å². The zero-order chi connectivity index (χ0) is 37.8. The van der Waals surface area contributed by atoms with Gasteiger partial charge in [0.15, 0.2) is 28.8 Å². The van der Waals surface area contributed by atoms with E-state index in [1.54, 1.807) is 18.2 Å². The molecule has 4 aromatic carbocycles. The summed E-state index contributed by atoms with van der Waals surface area (Å²) < 4.78 is 81.2. The number of nitrogens with one attached hydrogen (secondary N) is 1. The maximum absolute atomic E-state index is 15.5. The molecule has 6 aromatic rings. The zero-order valence-corrected chi connectivity index (χ0v) is 28.9. The second kappa shape index (κ2) is 15.5. The monoisotopic (exact) mass is 743 g/mol. The number of anilines is 1. The molecule has 54 heavy (non-hydrogen) atoms. The first-order chi connectivity index (χ1) is 26.1.